The van der Waals surface area contributed by atoms with E-state index in [-0.39, 0.29) is 16.5 Å². The lowest BCUT2D eigenvalue weighted by atomic mass is 9.87. The van der Waals surface area contributed by atoms with E-state index in [4.69, 9.17) is 15.2 Å². The van der Waals surface area contributed by atoms with Crippen LogP contribution in [0.3, 0.4) is 0 Å². The van der Waals surface area contributed by atoms with Gasteiger partial charge in [-0.05, 0) is 58.6 Å². The van der Waals surface area contributed by atoms with Crippen molar-refractivity contribution in [3.05, 3.63) is 64.1 Å². The topological polar surface area (TPSA) is 91.0 Å². The molecule has 1 aliphatic heterocycles. The number of hydrogen-bond acceptors (Lipinski definition) is 6. The average Bonchev–Trinajstić information content (AvgIpc) is 2.99. The molecule has 0 aromatic heterocycles. The Morgan fingerprint density at radius 1 is 1.10 bits per heavy atom. The van der Waals surface area contributed by atoms with Gasteiger partial charge in [-0.2, -0.15) is 4.99 Å². The first-order valence-electron chi connectivity index (χ1n) is 8.96. The second-order valence-electron chi connectivity index (χ2n) is 7.49. The molecule has 2 aromatic rings. The van der Waals surface area contributed by atoms with Gasteiger partial charge in [0.05, 0.1) is 17.6 Å². The first kappa shape index (κ1) is 20.7. The fraction of sp³-hybridized carbons (Fsp3) is 0.227. The van der Waals surface area contributed by atoms with Gasteiger partial charge in [-0.25, -0.2) is 4.79 Å². The average molecular weight is 410 g/mol. The van der Waals surface area contributed by atoms with Crippen LogP contribution >= 0.6 is 11.8 Å². The Morgan fingerprint density at radius 2 is 1.79 bits per heavy atom. The molecular weight excluding hydrogens is 388 g/mol. The molecule has 1 amide bonds. The number of methoxy groups -OCH3 is 1. The molecule has 7 heteroatoms. The Balaban J connectivity index is 1.78. The van der Waals surface area contributed by atoms with Gasteiger partial charge >= 0.3 is 5.97 Å². The molecule has 0 spiro atoms. The maximum absolute atomic E-state index is 12.5. The molecule has 2 aromatic carbocycles. The van der Waals surface area contributed by atoms with E-state index in [0.717, 1.165) is 17.3 Å². The minimum absolute atomic E-state index is 0.00465. The molecule has 0 atom stereocenters. The van der Waals surface area contributed by atoms with E-state index < -0.39 is 5.97 Å². The van der Waals surface area contributed by atoms with E-state index in [2.05, 4.69) is 25.8 Å². The lowest BCUT2D eigenvalue weighted by Gasteiger charge is -2.19. The molecule has 0 bridgehead atoms. The minimum Gasteiger partial charge on any atom is -0.493 e. The lowest BCUT2D eigenvalue weighted by molar-refractivity contribution is -0.113. The molecule has 2 N–H and O–H groups in total. The monoisotopic (exact) mass is 410 g/mol. The van der Waals surface area contributed by atoms with E-state index in [0.29, 0.717) is 27.5 Å². The number of hydrogen-bond donors (Lipinski definition) is 1. The maximum atomic E-state index is 12.5. The maximum Gasteiger partial charge on any atom is 0.343 e. The highest BCUT2D eigenvalue weighted by atomic mass is 32.2. The Labute approximate surface area is 173 Å². The summed E-state index contributed by atoms with van der Waals surface area (Å²) in [5.41, 5.74) is 7.85. The van der Waals surface area contributed by atoms with Gasteiger partial charge in [-0.1, -0.05) is 39.0 Å². The van der Waals surface area contributed by atoms with E-state index in [1.807, 2.05) is 12.1 Å². The third kappa shape index (κ3) is 4.86. The summed E-state index contributed by atoms with van der Waals surface area (Å²) in [6, 6.07) is 12.4. The number of rotatable bonds is 4. The second-order valence-corrected chi connectivity index (χ2v) is 8.56. The Bertz CT molecular complexity index is 1020. The zero-order valence-corrected chi connectivity index (χ0v) is 17.5. The largest absolute Gasteiger partial charge is 0.493 e. The highest BCUT2D eigenvalue weighted by Crippen LogP contribution is 2.32. The Kier molecular flexibility index (Phi) is 5.79. The van der Waals surface area contributed by atoms with Crippen molar-refractivity contribution < 1.29 is 19.1 Å². The lowest BCUT2D eigenvalue weighted by Crippen LogP contribution is -2.13. The number of carbonyl (C=O) groups excluding carboxylic acids is 2. The number of nitrogens with zero attached hydrogens (tertiary/aromatic N) is 1. The molecular formula is C22H22N2O4S. The van der Waals surface area contributed by atoms with Gasteiger partial charge in [0.15, 0.2) is 16.7 Å². The summed E-state index contributed by atoms with van der Waals surface area (Å²) in [5, 5.41) is 0.219. The third-order valence-electron chi connectivity index (χ3n) is 4.31. The molecule has 150 valence electrons. The van der Waals surface area contributed by atoms with Gasteiger partial charge in [-0.3, -0.25) is 4.79 Å². The van der Waals surface area contributed by atoms with Crippen LogP contribution < -0.4 is 15.2 Å². The first-order chi connectivity index (χ1) is 13.7. The van der Waals surface area contributed by atoms with Gasteiger partial charge in [0, 0.05) is 0 Å². The van der Waals surface area contributed by atoms with Crippen LogP contribution in [0.1, 0.15) is 42.3 Å². The van der Waals surface area contributed by atoms with Gasteiger partial charge < -0.3 is 15.2 Å². The zero-order chi connectivity index (χ0) is 21.2. The highest BCUT2D eigenvalue weighted by Gasteiger charge is 2.20. The molecule has 1 aliphatic rings. The molecule has 0 aliphatic carbocycles. The number of amidine groups is 1. The number of carbonyl (C=O) groups is 2. The minimum atomic E-state index is -0.474. The summed E-state index contributed by atoms with van der Waals surface area (Å²) in [4.78, 5) is 28.4. The number of nitrogens with two attached hydrogens (primary N) is 1. The fourth-order valence-electron chi connectivity index (χ4n) is 2.70. The van der Waals surface area contributed by atoms with Crippen LogP contribution in [-0.4, -0.2) is 24.2 Å². The Hall–Kier alpha value is -3.06. The molecule has 0 radical (unpaired) electrons. The van der Waals surface area contributed by atoms with Crippen LogP contribution in [-0.2, 0) is 10.2 Å². The molecule has 0 fully saturated rings. The number of benzene rings is 2. The summed E-state index contributed by atoms with van der Waals surface area (Å²) in [6.07, 6.45) is 1.66. The van der Waals surface area contributed by atoms with Crippen LogP contribution in [0.2, 0.25) is 0 Å². The highest BCUT2D eigenvalue weighted by molar-refractivity contribution is 8.18. The number of thioether (sulfide) groups is 1. The number of aliphatic imine (C=N–C) groups is 1. The van der Waals surface area contributed by atoms with Crippen molar-refractivity contribution in [1.29, 1.82) is 0 Å². The summed E-state index contributed by atoms with van der Waals surface area (Å²) < 4.78 is 10.9. The summed E-state index contributed by atoms with van der Waals surface area (Å²) >= 11 is 1.11. The predicted molar refractivity (Wildman–Crippen MR) is 115 cm³/mol. The van der Waals surface area contributed by atoms with Crippen molar-refractivity contribution in [2.45, 2.75) is 26.2 Å². The summed E-state index contributed by atoms with van der Waals surface area (Å²) in [5.74, 6) is -0.178. The first-order valence-corrected chi connectivity index (χ1v) is 9.78. The van der Waals surface area contributed by atoms with Crippen LogP contribution in [0, 0.1) is 0 Å². The van der Waals surface area contributed by atoms with Crippen molar-refractivity contribution in [3.8, 4) is 11.5 Å². The number of ether oxygens (including phenoxy) is 2. The summed E-state index contributed by atoms with van der Waals surface area (Å²) in [7, 11) is 1.48. The molecule has 0 saturated heterocycles. The van der Waals surface area contributed by atoms with Gasteiger partial charge in [0.25, 0.3) is 5.91 Å². The predicted octanol–water partition coefficient (Wildman–Crippen LogP) is 4.14. The van der Waals surface area contributed by atoms with Crippen molar-refractivity contribution in [3.63, 3.8) is 0 Å². The standard InChI is InChI=1S/C22H22N2O4S/c1-22(2,3)15-8-6-14(7-9-15)20(26)28-16-10-5-13(11-17(16)27-4)12-18-19(25)24-21(23)29-18/h5-12H,1-4H3,(H2,23,24,25). The molecule has 1 heterocycles. The summed E-state index contributed by atoms with van der Waals surface area (Å²) in [6.45, 7) is 6.33. The molecule has 0 unspecified atom stereocenters. The SMILES string of the molecule is COc1cc(C=C2SC(N)=NC2=O)ccc1OC(=O)c1ccc(C(C)(C)C)cc1. The van der Waals surface area contributed by atoms with E-state index >= 15 is 0 Å². The van der Waals surface area contributed by atoms with Crippen LogP contribution in [0.5, 0.6) is 11.5 Å². The molecule has 0 saturated carbocycles. The van der Waals surface area contributed by atoms with E-state index in [1.54, 1.807) is 36.4 Å². The smallest absolute Gasteiger partial charge is 0.343 e. The molecule has 29 heavy (non-hydrogen) atoms. The van der Waals surface area contributed by atoms with Crippen molar-refractivity contribution in [2.75, 3.05) is 7.11 Å². The van der Waals surface area contributed by atoms with Crippen molar-refractivity contribution in [1.82, 2.24) is 0 Å². The van der Waals surface area contributed by atoms with Crippen LogP contribution in [0.25, 0.3) is 6.08 Å². The molecule has 6 nitrogen and oxygen atoms in total. The van der Waals surface area contributed by atoms with Crippen molar-refractivity contribution >= 4 is 34.9 Å². The van der Waals surface area contributed by atoms with Gasteiger partial charge in [-0.15, -0.1) is 0 Å². The third-order valence-corrected chi connectivity index (χ3v) is 5.12. The zero-order valence-electron chi connectivity index (χ0n) is 16.7. The second kappa shape index (κ2) is 8.13. The fourth-order valence-corrected chi connectivity index (χ4v) is 3.38. The number of amides is 1. The van der Waals surface area contributed by atoms with E-state index in [9.17, 15) is 9.59 Å². The van der Waals surface area contributed by atoms with Crippen LogP contribution in [0.4, 0.5) is 0 Å². The van der Waals surface area contributed by atoms with Gasteiger partial charge in [0.1, 0.15) is 0 Å². The molecule has 3 rings (SSSR count). The van der Waals surface area contributed by atoms with Gasteiger partial charge in [0.2, 0.25) is 0 Å². The van der Waals surface area contributed by atoms with Crippen molar-refractivity contribution in [2.24, 2.45) is 10.7 Å². The van der Waals surface area contributed by atoms with E-state index in [1.165, 1.54) is 7.11 Å². The normalized spacial score (nSPS) is 15.4. The Morgan fingerprint density at radius 3 is 2.34 bits per heavy atom. The number of esters is 1. The van der Waals surface area contributed by atoms with Crippen LogP contribution in [0.15, 0.2) is 52.4 Å². The quantitative estimate of drug-likeness (QED) is 0.463.